The molecule has 2 aromatic rings. The summed E-state index contributed by atoms with van der Waals surface area (Å²) in [4.78, 5) is 0. The topological polar surface area (TPSA) is 43.8 Å². The third-order valence-electron chi connectivity index (χ3n) is 4.33. The first-order valence-electron chi connectivity index (χ1n) is 7.52. The molecule has 2 atom stereocenters. The van der Waals surface area contributed by atoms with E-state index < -0.39 is 0 Å². The van der Waals surface area contributed by atoms with Crippen LogP contribution in [0.1, 0.15) is 49.0 Å². The van der Waals surface area contributed by atoms with Crippen LogP contribution in [0.25, 0.3) is 0 Å². The van der Waals surface area contributed by atoms with Crippen LogP contribution in [0.3, 0.4) is 0 Å². The van der Waals surface area contributed by atoms with Crippen molar-refractivity contribution in [2.45, 2.75) is 51.1 Å². The fourth-order valence-electron chi connectivity index (χ4n) is 3.19. The molecule has 3 heteroatoms. The second-order valence-corrected chi connectivity index (χ2v) is 6.09. The van der Waals surface area contributed by atoms with E-state index in [4.69, 9.17) is 5.73 Å². The first-order chi connectivity index (χ1) is 9.65. The Kier molecular flexibility index (Phi) is 3.62. The summed E-state index contributed by atoms with van der Waals surface area (Å²) >= 11 is 0. The van der Waals surface area contributed by atoms with Gasteiger partial charge in [-0.1, -0.05) is 24.3 Å². The van der Waals surface area contributed by atoms with Gasteiger partial charge in [0.25, 0.3) is 0 Å². The Morgan fingerprint density at radius 3 is 2.85 bits per heavy atom. The maximum absolute atomic E-state index is 6.46. The summed E-state index contributed by atoms with van der Waals surface area (Å²) in [5.74, 6) is 0.482. The number of hydrogen-bond donors (Lipinski definition) is 1. The zero-order chi connectivity index (χ0) is 14.1. The lowest BCUT2D eigenvalue weighted by Gasteiger charge is -2.19. The van der Waals surface area contributed by atoms with E-state index in [-0.39, 0.29) is 6.04 Å². The van der Waals surface area contributed by atoms with Crippen molar-refractivity contribution in [3.8, 4) is 0 Å². The highest BCUT2D eigenvalue weighted by Gasteiger charge is 2.27. The molecular formula is C17H23N3. The van der Waals surface area contributed by atoms with E-state index in [1.807, 2.05) is 4.68 Å². The van der Waals surface area contributed by atoms with Crippen molar-refractivity contribution in [3.05, 3.63) is 53.3 Å². The molecule has 0 amide bonds. The maximum Gasteiger partial charge on any atom is 0.0640 e. The molecule has 0 radical (unpaired) electrons. The van der Waals surface area contributed by atoms with Gasteiger partial charge in [-0.15, -0.1) is 0 Å². The Morgan fingerprint density at radius 2 is 2.10 bits per heavy atom. The summed E-state index contributed by atoms with van der Waals surface area (Å²) in [5.41, 5.74) is 10.5. The standard InChI is InChI=1S/C17H23N3/c1-12(2)20-10-9-14(19-20)11-17(18)16-8-7-13-5-3-4-6-15(13)16/h3-6,9-10,12,16-17H,7-8,11,18H2,1-2H3. The van der Waals surface area contributed by atoms with Crippen molar-refractivity contribution in [2.75, 3.05) is 0 Å². The summed E-state index contributed by atoms with van der Waals surface area (Å²) < 4.78 is 2.00. The normalized spacial score (nSPS) is 19.3. The van der Waals surface area contributed by atoms with E-state index in [9.17, 15) is 0 Å². The van der Waals surface area contributed by atoms with Crippen LogP contribution in [-0.4, -0.2) is 15.8 Å². The molecule has 0 bridgehead atoms. The van der Waals surface area contributed by atoms with Gasteiger partial charge in [0.2, 0.25) is 0 Å². The Balaban J connectivity index is 1.72. The Bertz CT molecular complexity index is 585. The molecule has 106 valence electrons. The third kappa shape index (κ3) is 2.50. The van der Waals surface area contributed by atoms with Crippen molar-refractivity contribution < 1.29 is 0 Å². The van der Waals surface area contributed by atoms with Crippen LogP contribution in [0.4, 0.5) is 0 Å². The Hall–Kier alpha value is -1.61. The number of nitrogens with two attached hydrogens (primary N) is 1. The molecule has 1 aromatic carbocycles. The van der Waals surface area contributed by atoms with E-state index in [0.717, 1.165) is 18.5 Å². The lowest BCUT2D eigenvalue weighted by atomic mass is 9.91. The fourth-order valence-corrected chi connectivity index (χ4v) is 3.19. The zero-order valence-electron chi connectivity index (χ0n) is 12.3. The largest absolute Gasteiger partial charge is 0.327 e. The average molecular weight is 269 g/mol. The molecule has 0 spiro atoms. The number of hydrogen-bond acceptors (Lipinski definition) is 2. The van der Waals surface area contributed by atoms with Crippen LogP contribution in [0, 0.1) is 0 Å². The molecule has 3 nitrogen and oxygen atoms in total. The zero-order valence-corrected chi connectivity index (χ0v) is 12.3. The van der Waals surface area contributed by atoms with E-state index in [2.05, 4.69) is 55.5 Å². The van der Waals surface area contributed by atoms with Crippen molar-refractivity contribution in [2.24, 2.45) is 5.73 Å². The number of aryl methyl sites for hydroxylation is 1. The summed E-state index contributed by atoms with van der Waals surface area (Å²) in [6.07, 6.45) is 5.24. The molecule has 2 unspecified atom stereocenters. The van der Waals surface area contributed by atoms with Crippen LogP contribution in [-0.2, 0) is 12.8 Å². The summed E-state index contributed by atoms with van der Waals surface area (Å²) in [5, 5.41) is 4.61. The number of benzene rings is 1. The van der Waals surface area contributed by atoms with Crippen LogP contribution < -0.4 is 5.73 Å². The van der Waals surface area contributed by atoms with Crippen LogP contribution in [0.15, 0.2) is 36.5 Å². The minimum atomic E-state index is 0.161. The van der Waals surface area contributed by atoms with Crippen molar-refractivity contribution in [3.63, 3.8) is 0 Å². The van der Waals surface area contributed by atoms with Gasteiger partial charge in [0.1, 0.15) is 0 Å². The van der Waals surface area contributed by atoms with Gasteiger partial charge in [-0.05, 0) is 49.8 Å². The number of rotatable bonds is 4. The van der Waals surface area contributed by atoms with E-state index in [1.165, 1.54) is 17.5 Å². The molecule has 20 heavy (non-hydrogen) atoms. The fraction of sp³-hybridized carbons (Fsp3) is 0.471. The van der Waals surface area contributed by atoms with Crippen molar-refractivity contribution in [1.29, 1.82) is 0 Å². The number of aromatic nitrogens is 2. The first-order valence-corrected chi connectivity index (χ1v) is 7.52. The lowest BCUT2D eigenvalue weighted by Crippen LogP contribution is -2.29. The van der Waals surface area contributed by atoms with Gasteiger partial charge in [-0.2, -0.15) is 5.10 Å². The molecule has 1 aliphatic carbocycles. The monoisotopic (exact) mass is 269 g/mol. The molecule has 0 aliphatic heterocycles. The quantitative estimate of drug-likeness (QED) is 0.927. The van der Waals surface area contributed by atoms with Gasteiger partial charge in [0.15, 0.2) is 0 Å². The van der Waals surface area contributed by atoms with Crippen molar-refractivity contribution >= 4 is 0 Å². The van der Waals surface area contributed by atoms with Gasteiger partial charge in [-0.25, -0.2) is 0 Å². The second kappa shape index (κ2) is 5.41. The maximum atomic E-state index is 6.46. The van der Waals surface area contributed by atoms with Gasteiger partial charge < -0.3 is 5.73 Å². The highest BCUT2D eigenvalue weighted by Crippen LogP contribution is 2.35. The summed E-state index contributed by atoms with van der Waals surface area (Å²) in [6, 6.07) is 11.4. The smallest absolute Gasteiger partial charge is 0.0640 e. The molecule has 2 N–H and O–H groups in total. The summed E-state index contributed by atoms with van der Waals surface area (Å²) in [7, 11) is 0. The molecule has 0 saturated heterocycles. The van der Waals surface area contributed by atoms with Crippen LogP contribution >= 0.6 is 0 Å². The molecule has 1 aliphatic rings. The molecule has 3 rings (SSSR count). The second-order valence-electron chi connectivity index (χ2n) is 6.09. The van der Waals surface area contributed by atoms with Crippen molar-refractivity contribution in [1.82, 2.24) is 9.78 Å². The van der Waals surface area contributed by atoms with Gasteiger partial charge in [0, 0.05) is 24.7 Å². The van der Waals surface area contributed by atoms with Crippen LogP contribution in [0.5, 0.6) is 0 Å². The predicted octanol–water partition coefficient (Wildman–Crippen LogP) is 3.06. The molecule has 0 saturated carbocycles. The van der Waals surface area contributed by atoms with E-state index in [0.29, 0.717) is 12.0 Å². The first kappa shape index (κ1) is 13.4. The van der Waals surface area contributed by atoms with E-state index in [1.54, 1.807) is 0 Å². The van der Waals surface area contributed by atoms with Gasteiger partial charge >= 0.3 is 0 Å². The number of nitrogens with zero attached hydrogens (tertiary/aromatic N) is 2. The van der Waals surface area contributed by atoms with E-state index >= 15 is 0 Å². The molecule has 0 fully saturated rings. The Labute approximate surface area is 120 Å². The van der Waals surface area contributed by atoms with Gasteiger partial charge in [0.05, 0.1) is 5.69 Å². The predicted molar refractivity (Wildman–Crippen MR) is 81.8 cm³/mol. The number of fused-ring (bicyclic) bond motifs is 1. The minimum Gasteiger partial charge on any atom is -0.327 e. The van der Waals surface area contributed by atoms with Gasteiger partial charge in [-0.3, -0.25) is 4.68 Å². The highest BCUT2D eigenvalue weighted by atomic mass is 15.3. The summed E-state index contributed by atoms with van der Waals surface area (Å²) in [6.45, 7) is 4.29. The molecular weight excluding hydrogens is 246 g/mol. The SMILES string of the molecule is CC(C)n1ccc(CC(N)C2CCc3ccccc32)n1. The highest BCUT2D eigenvalue weighted by molar-refractivity contribution is 5.36. The Morgan fingerprint density at radius 1 is 1.30 bits per heavy atom. The molecule has 1 aromatic heterocycles. The third-order valence-corrected chi connectivity index (χ3v) is 4.33. The minimum absolute atomic E-state index is 0.161. The lowest BCUT2D eigenvalue weighted by molar-refractivity contribution is 0.498. The molecule has 1 heterocycles. The average Bonchev–Trinajstić information content (AvgIpc) is 3.04. The van der Waals surface area contributed by atoms with Crippen LogP contribution in [0.2, 0.25) is 0 Å².